The standard InChI is InChI=1S/C13H13N3O2/c14-11-4-1-9(2-5-11)8-18-12-6-3-10(7-16-12)13(15)17/h1-7H,8,14H2,(H2,15,17). The van der Waals surface area contributed by atoms with Crippen LogP contribution < -0.4 is 16.2 Å². The fourth-order valence-electron chi connectivity index (χ4n) is 1.38. The number of benzene rings is 1. The average molecular weight is 243 g/mol. The van der Waals surface area contributed by atoms with Gasteiger partial charge in [-0.2, -0.15) is 0 Å². The van der Waals surface area contributed by atoms with E-state index in [1.165, 1.54) is 6.20 Å². The molecule has 5 nitrogen and oxygen atoms in total. The Labute approximate surface area is 104 Å². The molecule has 1 heterocycles. The van der Waals surface area contributed by atoms with Gasteiger partial charge in [0.1, 0.15) is 6.61 Å². The van der Waals surface area contributed by atoms with Gasteiger partial charge in [0, 0.05) is 18.0 Å². The zero-order chi connectivity index (χ0) is 13.0. The molecule has 0 radical (unpaired) electrons. The van der Waals surface area contributed by atoms with Crippen LogP contribution in [-0.4, -0.2) is 10.9 Å². The number of hydrogen-bond donors (Lipinski definition) is 2. The highest BCUT2D eigenvalue weighted by Gasteiger charge is 2.02. The van der Waals surface area contributed by atoms with Crippen molar-refractivity contribution in [1.82, 2.24) is 4.98 Å². The number of amides is 1. The first-order valence-corrected chi connectivity index (χ1v) is 5.38. The molecule has 0 saturated heterocycles. The third-order valence-electron chi connectivity index (χ3n) is 2.39. The number of nitrogen functional groups attached to an aromatic ring is 1. The molecule has 0 aliphatic rings. The Morgan fingerprint density at radius 2 is 1.89 bits per heavy atom. The molecular formula is C13H13N3O2. The SMILES string of the molecule is NC(=O)c1ccc(OCc2ccc(N)cc2)nc1. The summed E-state index contributed by atoms with van der Waals surface area (Å²) >= 11 is 0. The molecule has 2 rings (SSSR count). The fraction of sp³-hybridized carbons (Fsp3) is 0.0769. The minimum absolute atomic E-state index is 0.356. The van der Waals surface area contributed by atoms with Crippen LogP contribution >= 0.6 is 0 Å². The summed E-state index contributed by atoms with van der Waals surface area (Å²) in [6.07, 6.45) is 1.39. The van der Waals surface area contributed by atoms with Gasteiger partial charge in [-0.1, -0.05) is 12.1 Å². The summed E-state index contributed by atoms with van der Waals surface area (Å²) in [5.74, 6) is -0.0654. The van der Waals surface area contributed by atoms with Gasteiger partial charge in [-0.3, -0.25) is 4.79 Å². The maximum absolute atomic E-state index is 10.9. The first-order chi connectivity index (χ1) is 8.65. The summed E-state index contributed by atoms with van der Waals surface area (Å²) in [7, 11) is 0. The number of nitrogens with zero attached hydrogens (tertiary/aromatic N) is 1. The van der Waals surface area contributed by atoms with Gasteiger partial charge in [-0.05, 0) is 23.8 Å². The van der Waals surface area contributed by atoms with Crippen molar-refractivity contribution in [2.45, 2.75) is 6.61 Å². The molecule has 0 saturated carbocycles. The van der Waals surface area contributed by atoms with Gasteiger partial charge in [0.15, 0.2) is 0 Å². The van der Waals surface area contributed by atoms with Crippen LogP contribution in [-0.2, 0) is 6.61 Å². The number of ether oxygens (including phenoxy) is 1. The van der Waals surface area contributed by atoms with E-state index in [-0.39, 0.29) is 0 Å². The molecule has 18 heavy (non-hydrogen) atoms. The van der Waals surface area contributed by atoms with E-state index in [0.717, 1.165) is 5.56 Å². The van der Waals surface area contributed by atoms with Crippen molar-refractivity contribution in [3.05, 3.63) is 53.7 Å². The van der Waals surface area contributed by atoms with Crippen LogP contribution in [0.5, 0.6) is 5.88 Å². The molecule has 4 N–H and O–H groups in total. The Morgan fingerprint density at radius 1 is 1.17 bits per heavy atom. The van der Waals surface area contributed by atoms with E-state index < -0.39 is 5.91 Å². The van der Waals surface area contributed by atoms with E-state index in [2.05, 4.69) is 4.98 Å². The van der Waals surface area contributed by atoms with Crippen molar-refractivity contribution >= 4 is 11.6 Å². The molecule has 0 atom stereocenters. The molecule has 0 unspecified atom stereocenters. The van der Waals surface area contributed by atoms with Crippen molar-refractivity contribution in [2.75, 3.05) is 5.73 Å². The summed E-state index contributed by atoms with van der Waals surface area (Å²) in [5.41, 5.74) is 12.8. The van der Waals surface area contributed by atoms with Gasteiger partial charge in [0.25, 0.3) is 0 Å². The summed E-state index contributed by atoms with van der Waals surface area (Å²) in [6.45, 7) is 0.392. The largest absolute Gasteiger partial charge is 0.473 e. The summed E-state index contributed by atoms with van der Waals surface area (Å²) < 4.78 is 5.46. The molecule has 1 aromatic carbocycles. The van der Waals surface area contributed by atoms with Crippen molar-refractivity contribution < 1.29 is 9.53 Å². The lowest BCUT2D eigenvalue weighted by molar-refractivity contribution is 0.1000. The maximum Gasteiger partial charge on any atom is 0.250 e. The van der Waals surface area contributed by atoms with E-state index in [1.807, 2.05) is 24.3 Å². The van der Waals surface area contributed by atoms with Crippen LogP contribution in [0.1, 0.15) is 15.9 Å². The van der Waals surface area contributed by atoms with Crippen LogP contribution in [0.15, 0.2) is 42.6 Å². The molecule has 1 amide bonds. The Bertz CT molecular complexity index is 535. The normalized spacial score (nSPS) is 10.0. The monoisotopic (exact) mass is 243 g/mol. The Hall–Kier alpha value is -2.56. The Morgan fingerprint density at radius 3 is 2.44 bits per heavy atom. The van der Waals surface area contributed by atoms with E-state index in [1.54, 1.807) is 12.1 Å². The third kappa shape index (κ3) is 2.98. The number of carbonyl (C=O) groups is 1. The summed E-state index contributed by atoms with van der Waals surface area (Å²) in [6, 6.07) is 10.6. The third-order valence-corrected chi connectivity index (χ3v) is 2.39. The van der Waals surface area contributed by atoms with Crippen LogP contribution in [0.25, 0.3) is 0 Å². The summed E-state index contributed by atoms with van der Waals surface area (Å²) in [5, 5.41) is 0. The maximum atomic E-state index is 10.9. The molecular weight excluding hydrogens is 230 g/mol. The number of pyridine rings is 1. The molecule has 0 spiro atoms. The minimum atomic E-state index is -0.507. The number of hydrogen-bond acceptors (Lipinski definition) is 4. The quantitative estimate of drug-likeness (QED) is 0.793. The van der Waals surface area contributed by atoms with E-state index in [4.69, 9.17) is 16.2 Å². The first-order valence-electron chi connectivity index (χ1n) is 5.38. The van der Waals surface area contributed by atoms with Gasteiger partial charge >= 0.3 is 0 Å². The van der Waals surface area contributed by atoms with E-state index in [9.17, 15) is 4.79 Å². The van der Waals surface area contributed by atoms with Gasteiger partial charge in [-0.25, -0.2) is 4.98 Å². The Kier molecular flexibility index (Phi) is 3.43. The second kappa shape index (κ2) is 5.18. The van der Waals surface area contributed by atoms with Crippen LogP contribution in [0.4, 0.5) is 5.69 Å². The zero-order valence-corrected chi connectivity index (χ0v) is 9.67. The molecule has 0 aliphatic carbocycles. The lowest BCUT2D eigenvalue weighted by Gasteiger charge is -2.05. The smallest absolute Gasteiger partial charge is 0.250 e. The minimum Gasteiger partial charge on any atom is -0.473 e. The molecule has 0 fully saturated rings. The number of carbonyl (C=O) groups excluding carboxylic acids is 1. The number of nitrogens with two attached hydrogens (primary N) is 2. The van der Waals surface area contributed by atoms with E-state index >= 15 is 0 Å². The second-order valence-corrected chi connectivity index (χ2v) is 3.78. The van der Waals surface area contributed by atoms with Gasteiger partial charge in [0.2, 0.25) is 11.8 Å². The van der Waals surface area contributed by atoms with E-state index in [0.29, 0.717) is 23.7 Å². The van der Waals surface area contributed by atoms with Crippen molar-refractivity contribution in [3.63, 3.8) is 0 Å². The van der Waals surface area contributed by atoms with Crippen molar-refractivity contribution in [1.29, 1.82) is 0 Å². The average Bonchev–Trinajstić information content (AvgIpc) is 2.38. The van der Waals surface area contributed by atoms with Crippen LogP contribution in [0, 0.1) is 0 Å². The highest BCUT2D eigenvalue weighted by Crippen LogP contribution is 2.11. The molecule has 5 heteroatoms. The first kappa shape index (κ1) is 11.9. The predicted molar refractivity (Wildman–Crippen MR) is 67.9 cm³/mol. The predicted octanol–water partition coefficient (Wildman–Crippen LogP) is 1.34. The van der Waals surface area contributed by atoms with Gasteiger partial charge in [-0.15, -0.1) is 0 Å². The molecule has 0 bridgehead atoms. The second-order valence-electron chi connectivity index (χ2n) is 3.78. The van der Waals surface area contributed by atoms with Gasteiger partial charge in [0.05, 0.1) is 5.56 Å². The fourth-order valence-corrected chi connectivity index (χ4v) is 1.38. The van der Waals surface area contributed by atoms with Crippen molar-refractivity contribution in [3.8, 4) is 5.88 Å². The molecule has 0 aliphatic heterocycles. The number of rotatable bonds is 4. The highest BCUT2D eigenvalue weighted by atomic mass is 16.5. The van der Waals surface area contributed by atoms with Gasteiger partial charge < -0.3 is 16.2 Å². The number of anilines is 1. The van der Waals surface area contributed by atoms with Crippen LogP contribution in [0.2, 0.25) is 0 Å². The molecule has 92 valence electrons. The highest BCUT2D eigenvalue weighted by molar-refractivity contribution is 5.92. The number of aromatic nitrogens is 1. The zero-order valence-electron chi connectivity index (χ0n) is 9.67. The topological polar surface area (TPSA) is 91.2 Å². The lowest BCUT2D eigenvalue weighted by Crippen LogP contribution is -2.11. The number of primary amides is 1. The molecule has 1 aromatic heterocycles. The Balaban J connectivity index is 1.97. The lowest BCUT2D eigenvalue weighted by atomic mass is 10.2. The summed E-state index contributed by atoms with van der Waals surface area (Å²) in [4.78, 5) is 14.8. The van der Waals surface area contributed by atoms with Crippen molar-refractivity contribution in [2.24, 2.45) is 5.73 Å². The van der Waals surface area contributed by atoms with Crippen LogP contribution in [0.3, 0.4) is 0 Å². The molecule has 2 aromatic rings.